The number of aromatic nitrogens is 1. The van der Waals surface area contributed by atoms with Crippen LogP contribution < -0.4 is 10.5 Å². The third-order valence-electron chi connectivity index (χ3n) is 1.94. The molecule has 2 aromatic rings. The van der Waals surface area contributed by atoms with Crippen LogP contribution in [-0.2, 0) is 0 Å². The molecule has 15 heavy (non-hydrogen) atoms. The van der Waals surface area contributed by atoms with Crippen LogP contribution in [0.1, 0.15) is 5.56 Å². The Morgan fingerprint density at radius 2 is 2.40 bits per heavy atom. The highest BCUT2D eigenvalue weighted by Crippen LogP contribution is 2.26. The topological polar surface area (TPSA) is 85.1 Å². The van der Waals surface area contributed by atoms with Crippen molar-refractivity contribution in [2.24, 2.45) is 5.73 Å². The van der Waals surface area contributed by atoms with Gasteiger partial charge in [-0.15, -0.1) is 0 Å². The molecule has 2 rings (SSSR count). The predicted molar refractivity (Wildman–Crippen MR) is 53.3 cm³/mol. The molecule has 0 radical (unpaired) electrons. The highest BCUT2D eigenvalue weighted by molar-refractivity contribution is 5.86. The Balaban J connectivity index is 2.47. The molecule has 0 unspecified atom stereocenters. The molecule has 0 aliphatic rings. The molecule has 1 heterocycles. The molecule has 0 fully saturated rings. The van der Waals surface area contributed by atoms with E-state index in [0.29, 0.717) is 35.6 Å². The molecule has 0 spiro atoms. The number of fused-ring (bicyclic) bond motifs is 1. The van der Waals surface area contributed by atoms with Gasteiger partial charge in [0.05, 0.1) is 10.9 Å². The summed E-state index contributed by atoms with van der Waals surface area (Å²) >= 11 is 0. The molecule has 0 saturated heterocycles. The molecule has 0 bridgehead atoms. The van der Waals surface area contributed by atoms with Gasteiger partial charge in [-0.3, -0.25) is 0 Å². The largest absolute Gasteiger partial charge is 0.474 e. The van der Waals surface area contributed by atoms with Crippen LogP contribution in [-0.4, -0.2) is 18.3 Å². The van der Waals surface area contributed by atoms with Crippen LogP contribution in [0.5, 0.6) is 5.88 Å². The van der Waals surface area contributed by atoms with E-state index in [0.717, 1.165) is 0 Å². The highest BCUT2D eigenvalue weighted by Gasteiger charge is 2.11. The van der Waals surface area contributed by atoms with E-state index in [2.05, 4.69) is 5.16 Å². The number of para-hydroxylation sites is 1. The van der Waals surface area contributed by atoms with Crippen LogP contribution >= 0.6 is 0 Å². The first-order valence-electron chi connectivity index (χ1n) is 4.48. The fourth-order valence-corrected chi connectivity index (χ4v) is 1.29. The molecule has 0 amide bonds. The summed E-state index contributed by atoms with van der Waals surface area (Å²) in [6.45, 7) is 0.782. The van der Waals surface area contributed by atoms with Crippen molar-refractivity contribution in [3.8, 4) is 11.9 Å². The average Bonchev–Trinajstić information content (AvgIpc) is 2.69. The summed E-state index contributed by atoms with van der Waals surface area (Å²) in [6.07, 6.45) is 0. The van der Waals surface area contributed by atoms with Crippen molar-refractivity contribution in [3.63, 3.8) is 0 Å². The molecule has 0 aliphatic heterocycles. The van der Waals surface area contributed by atoms with E-state index in [1.807, 2.05) is 6.07 Å². The van der Waals surface area contributed by atoms with Crippen LogP contribution in [0.3, 0.4) is 0 Å². The zero-order chi connectivity index (χ0) is 10.7. The number of hydrogen-bond donors (Lipinski definition) is 1. The normalized spacial score (nSPS) is 10.1. The minimum absolute atomic E-state index is 0.373. The zero-order valence-corrected chi connectivity index (χ0v) is 7.93. The summed E-state index contributed by atoms with van der Waals surface area (Å²) in [5, 5.41) is 13.3. The highest BCUT2D eigenvalue weighted by atomic mass is 16.5. The Morgan fingerprint density at radius 3 is 3.13 bits per heavy atom. The quantitative estimate of drug-likeness (QED) is 0.805. The van der Waals surface area contributed by atoms with Gasteiger partial charge in [0.15, 0.2) is 5.58 Å². The Hall–Kier alpha value is -2.06. The number of benzene rings is 1. The lowest BCUT2D eigenvalue weighted by atomic mass is 10.2. The SMILES string of the molecule is N#Cc1cccc2c(OCCN)noc12. The van der Waals surface area contributed by atoms with Crippen molar-refractivity contribution in [1.82, 2.24) is 5.16 Å². The average molecular weight is 203 g/mol. The minimum atomic E-state index is 0.373. The third kappa shape index (κ3) is 1.63. The van der Waals surface area contributed by atoms with Crippen LogP contribution in [0.25, 0.3) is 11.0 Å². The second-order valence-corrected chi connectivity index (χ2v) is 2.92. The summed E-state index contributed by atoms with van der Waals surface area (Å²) in [7, 11) is 0. The first-order chi connectivity index (χ1) is 7.36. The number of nitrogens with two attached hydrogens (primary N) is 1. The van der Waals surface area contributed by atoms with Gasteiger partial charge >= 0.3 is 0 Å². The molecule has 1 aromatic carbocycles. The van der Waals surface area contributed by atoms with Crippen molar-refractivity contribution in [3.05, 3.63) is 23.8 Å². The second-order valence-electron chi connectivity index (χ2n) is 2.92. The molecule has 0 aliphatic carbocycles. The summed E-state index contributed by atoms with van der Waals surface area (Å²) in [6, 6.07) is 7.24. The maximum atomic E-state index is 8.82. The van der Waals surface area contributed by atoms with Crippen LogP contribution in [0.15, 0.2) is 22.7 Å². The lowest BCUT2D eigenvalue weighted by Gasteiger charge is -1.98. The van der Waals surface area contributed by atoms with E-state index in [1.165, 1.54) is 0 Å². The second kappa shape index (κ2) is 3.98. The Morgan fingerprint density at radius 1 is 1.53 bits per heavy atom. The lowest BCUT2D eigenvalue weighted by Crippen LogP contribution is -2.10. The molecule has 1 aromatic heterocycles. The number of nitrogens with zero attached hydrogens (tertiary/aromatic N) is 2. The van der Waals surface area contributed by atoms with Crippen LogP contribution in [0.4, 0.5) is 0 Å². The monoisotopic (exact) mass is 203 g/mol. The van der Waals surface area contributed by atoms with Crippen molar-refractivity contribution in [1.29, 1.82) is 5.26 Å². The van der Waals surface area contributed by atoms with Gasteiger partial charge in [0.2, 0.25) is 0 Å². The summed E-state index contributed by atoms with van der Waals surface area (Å²) in [4.78, 5) is 0. The lowest BCUT2D eigenvalue weighted by molar-refractivity contribution is 0.293. The Bertz CT molecular complexity index is 513. The van der Waals surface area contributed by atoms with Crippen molar-refractivity contribution in [2.45, 2.75) is 0 Å². The van der Waals surface area contributed by atoms with E-state index >= 15 is 0 Å². The molecule has 0 saturated carbocycles. The van der Waals surface area contributed by atoms with Gasteiger partial charge in [0.1, 0.15) is 12.7 Å². The van der Waals surface area contributed by atoms with Gasteiger partial charge in [0.25, 0.3) is 5.88 Å². The molecule has 2 N–H and O–H groups in total. The number of nitriles is 1. The van der Waals surface area contributed by atoms with Gasteiger partial charge in [-0.05, 0) is 17.3 Å². The van der Waals surface area contributed by atoms with Crippen LogP contribution in [0.2, 0.25) is 0 Å². The van der Waals surface area contributed by atoms with Gasteiger partial charge in [-0.2, -0.15) is 5.26 Å². The van der Waals surface area contributed by atoms with E-state index in [-0.39, 0.29) is 0 Å². The smallest absolute Gasteiger partial charge is 0.262 e. The Labute approximate surface area is 86.0 Å². The molecule has 5 nitrogen and oxygen atoms in total. The summed E-state index contributed by atoms with van der Waals surface area (Å²) < 4.78 is 10.3. The molecule has 5 heteroatoms. The van der Waals surface area contributed by atoms with E-state index < -0.39 is 0 Å². The molecular weight excluding hydrogens is 194 g/mol. The third-order valence-corrected chi connectivity index (χ3v) is 1.94. The van der Waals surface area contributed by atoms with E-state index in [9.17, 15) is 0 Å². The van der Waals surface area contributed by atoms with Gasteiger partial charge in [-0.25, -0.2) is 0 Å². The summed E-state index contributed by atoms with van der Waals surface area (Å²) in [5.74, 6) is 0.382. The molecule has 0 atom stereocenters. The number of hydrogen-bond acceptors (Lipinski definition) is 5. The summed E-state index contributed by atoms with van der Waals surface area (Å²) in [5.41, 5.74) is 6.21. The maximum absolute atomic E-state index is 8.82. The minimum Gasteiger partial charge on any atom is -0.474 e. The zero-order valence-electron chi connectivity index (χ0n) is 7.93. The molecule has 76 valence electrons. The predicted octanol–water partition coefficient (Wildman–Crippen LogP) is 1.04. The fraction of sp³-hybridized carbons (Fsp3) is 0.200. The van der Waals surface area contributed by atoms with Gasteiger partial charge in [-0.1, -0.05) is 6.07 Å². The Kier molecular flexibility index (Phi) is 2.52. The van der Waals surface area contributed by atoms with Gasteiger partial charge < -0.3 is 15.0 Å². The first kappa shape index (κ1) is 9.49. The maximum Gasteiger partial charge on any atom is 0.262 e. The van der Waals surface area contributed by atoms with E-state index in [1.54, 1.807) is 18.2 Å². The number of rotatable bonds is 3. The van der Waals surface area contributed by atoms with Crippen molar-refractivity contribution >= 4 is 11.0 Å². The van der Waals surface area contributed by atoms with E-state index in [4.69, 9.17) is 20.3 Å². The van der Waals surface area contributed by atoms with Crippen molar-refractivity contribution < 1.29 is 9.26 Å². The van der Waals surface area contributed by atoms with Crippen LogP contribution in [0, 0.1) is 11.3 Å². The standard InChI is InChI=1S/C10H9N3O2/c11-4-5-14-10-8-3-1-2-7(6-12)9(8)15-13-10/h1-3H,4-5,11H2. The first-order valence-corrected chi connectivity index (χ1v) is 4.48. The fourth-order valence-electron chi connectivity index (χ4n) is 1.29. The molecular formula is C10H9N3O2. The van der Waals surface area contributed by atoms with Crippen molar-refractivity contribution in [2.75, 3.05) is 13.2 Å². The van der Waals surface area contributed by atoms with Gasteiger partial charge in [0, 0.05) is 6.54 Å². The number of ether oxygens (including phenoxy) is 1.